The van der Waals surface area contributed by atoms with Crippen LogP contribution >= 0.6 is 0 Å². The summed E-state index contributed by atoms with van der Waals surface area (Å²) >= 11 is 0. The minimum atomic E-state index is -4.84. The summed E-state index contributed by atoms with van der Waals surface area (Å²) in [6, 6.07) is 1.86. The Balaban J connectivity index is 3.67. The van der Waals surface area contributed by atoms with Crippen LogP contribution in [0, 0.1) is 0 Å². The second-order valence-electron chi connectivity index (χ2n) is 3.42. The third kappa shape index (κ3) is 2.59. The first-order valence-corrected chi connectivity index (χ1v) is 4.53. The molecule has 0 unspecified atom stereocenters. The van der Waals surface area contributed by atoms with E-state index in [-0.39, 0.29) is 0 Å². The van der Waals surface area contributed by atoms with Gasteiger partial charge in [-0.05, 0) is 18.5 Å². The molecule has 0 atom stereocenters. The molecule has 4 nitrogen and oxygen atoms in total. The third-order valence-electron chi connectivity index (χ3n) is 2.18. The number of halogens is 3. The fourth-order valence-electron chi connectivity index (χ4n) is 1.53. The quantitative estimate of drug-likeness (QED) is 0.395. The number of hydrogen-bond acceptors (Lipinski definition) is 4. The maximum absolute atomic E-state index is 12.7. The summed E-state index contributed by atoms with van der Waals surface area (Å²) < 4.78 is 38.2. The van der Waals surface area contributed by atoms with Crippen molar-refractivity contribution in [3.05, 3.63) is 23.3 Å². The van der Waals surface area contributed by atoms with Crippen LogP contribution in [0.4, 0.5) is 18.9 Å². The van der Waals surface area contributed by atoms with Crippen molar-refractivity contribution in [3.8, 4) is 0 Å². The number of nitrogen functional groups attached to an aromatic ring is 1. The maximum Gasteiger partial charge on any atom is 0.489 e. The van der Waals surface area contributed by atoms with Crippen LogP contribution in [0.2, 0.25) is 0 Å². The van der Waals surface area contributed by atoms with Gasteiger partial charge in [-0.1, -0.05) is 6.07 Å². The number of anilines is 1. The molecule has 1 aromatic carbocycles. The van der Waals surface area contributed by atoms with Crippen LogP contribution in [0.3, 0.4) is 0 Å². The predicted molar refractivity (Wildman–Crippen MR) is 55.7 cm³/mol. The second kappa shape index (κ2) is 4.38. The third-order valence-corrected chi connectivity index (χ3v) is 2.18. The van der Waals surface area contributed by atoms with Crippen LogP contribution in [0.15, 0.2) is 12.1 Å². The molecule has 0 saturated heterocycles. The van der Waals surface area contributed by atoms with Gasteiger partial charge < -0.3 is 15.8 Å². The van der Waals surface area contributed by atoms with E-state index < -0.39 is 41.4 Å². The zero-order chi connectivity index (χ0) is 13.4. The molecule has 1 rings (SSSR count). The van der Waals surface area contributed by atoms with E-state index in [1.165, 1.54) is 0 Å². The second-order valence-corrected chi connectivity index (χ2v) is 3.42. The smallest absolute Gasteiger partial charge is 0.423 e. The van der Waals surface area contributed by atoms with Crippen LogP contribution in [0.25, 0.3) is 0 Å². The van der Waals surface area contributed by atoms with Crippen molar-refractivity contribution in [2.45, 2.75) is 13.1 Å². The van der Waals surface area contributed by atoms with Crippen molar-refractivity contribution in [1.82, 2.24) is 0 Å². The SMILES string of the molecule is CC(=O)c1c(B(O)O)ccc(N)c1C(F)(F)F. The summed E-state index contributed by atoms with van der Waals surface area (Å²) in [6.45, 7) is 0.899. The van der Waals surface area contributed by atoms with E-state index in [2.05, 4.69) is 0 Å². The van der Waals surface area contributed by atoms with Crippen molar-refractivity contribution in [2.75, 3.05) is 5.73 Å². The average molecular weight is 247 g/mol. The molecule has 0 aliphatic heterocycles. The van der Waals surface area contributed by atoms with Crippen LogP contribution in [0.1, 0.15) is 22.8 Å². The summed E-state index contributed by atoms with van der Waals surface area (Å²) in [6.07, 6.45) is -4.84. The van der Waals surface area contributed by atoms with Crippen molar-refractivity contribution >= 4 is 24.1 Å². The Morgan fingerprint density at radius 2 is 1.88 bits per heavy atom. The van der Waals surface area contributed by atoms with Gasteiger partial charge in [-0.15, -0.1) is 0 Å². The number of ketones is 1. The van der Waals surface area contributed by atoms with Gasteiger partial charge in [-0.25, -0.2) is 0 Å². The van der Waals surface area contributed by atoms with Gasteiger partial charge in [0.2, 0.25) is 0 Å². The molecule has 1 aromatic rings. The van der Waals surface area contributed by atoms with Crippen molar-refractivity contribution in [2.24, 2.45) is 0 Å². The number of nitrogens with two attached hydrogens (primary N) is 1. The highest BCUT2D eigenvalue weighted by Gasteiger charge is 2.39. The van der Waals surface area contributed by atoms with Gasteiger partial charge in [-0.2, -0.15) is 13.2 Å². The van der Waals surface area contributed by atoms with E-state index >= 15 is 0 Å². The van der Waals surface area contributed by atoms with E-state index in [9.17, 15) is 18.0 Å². The van der Waals surface area contributed by atoms with Gasteiger partial charge in [0.25, 0.3) is 0 Å². The molecular formula is C9H9BF3NO3. The molecule has 17 heavy (non-hydrogen) atoms. The number of Topliss-reactive ketones (excluding diaryl/α,β-unsaturated/α-hetero) is 1. The molecule has 0 aliphatic carbocycles. The predicted octanol–water partition coefficient (Wildman–Crippen LogP) is 0.170. The van der Waals surface area contributed by atoms with Crippen molar-refractivity contribution in [1.29, 1.82) is 0 Å². The molecule has 0 heterocycles. The highest BCUT2D eigenvalue weighted by Crippen LogP contribution is 2.35. The molecule has 0 aromatic heterocycles. The summed E-state index contributed by atoms with van der Waals surface area (Å²) in [4.78, 5) is 11.2. The lowest BCUT2D eigenvalue weighted by atomic mass is 9.74. The van der Waals surface area contributed by atoms with Crippen LogP contribution < -0.4 is 11.2 Å². The van der Waals surface area contributed by atoms with E-state index in [1.54, 1.807) is 0 Å². The first kappa shape index (κ1) is 13.5. The van der Waals surface area contributed by atoms with E-state index in [4.69, 9.17) is 15.8 Å². The zero-order valence-corrected chi connectivity index (χ0v) is 8.75. The van der Waals surface area contributed by atoms with E-state index in [1.807, 2.05) is 0 Å². The van der Waals surface area contributed by atoms with Crippen LogP contribution in [-0.4, -0.2) is 22.9 Å². The molecule has 0 bridgehead atoms. The van der Waals surface area contributed by atoms with E-state index in [0.717, 1.165) is 19.1 Å². The Bertz CT molecular complexity index is 460. The highest BCUT2D eigenvalue weighted by molar-refractivity contribution is 6.60. The average Bonchev–Trinajstić information content (AvgIpc) is 2.14. The molecule has 92 valence electrons. The van der Waals surface area contributed by atoms with Gasteiger partial charge >= 0.3 is 13.3 Å². The molecule has 0 radical (unpaired) electrons. The fourth-order valence-corrected chi connectivity index (χ4v) is 1.53. The molecule has 0 saturated carbocycles. The zero-order valence-electron chi connectivity index (χ0n) is 8.75. The lowest BCUT2D eigenvalue weighted by Gasteiger charge is -2.16. The first-order valence-electron chi connectivity index (χ1n) is 4.53. The van der Waals surface area contributed by atoms with E-state index in [0.29, 0.717) is 0 Å². The number of rotatable bonds is 2. The highest BCUT2D eigenvalue weighted by atomic mass is 19.4. The van der Waals surface area contributed by atoms with Crippen molar-refractivity contribution in [3.63, 3.8) is 0 Å². The lowest BCUT2D eigenvalue weighted by molar-refractivity contribution is -0.137. The molecule has 0 amide bonds. The number of carbonyl (C=O) groups excluding carboxylic acids is 1. The molecule has 4 N–H and O–H groups in total. The van der Waals surface area contributed by atoms with Crippen LogP contribution in [0.5, 0.6) is 0 Å². The Morgan fingerprint density at radius 1 is 1.35 bits per heavy atom. The summed E-state index contributed by atoms with van der Waals surface area (Å²) in [5, 5.41) is 17.9. The Kier molecular flexibility index (Phi) is 3.49. The Morgan fingerprint density at radius 3 is 2.24 bits per heavy atom. The normalized spacial score (nSPS) is 11.4. The summed E-state index contributed by atoms with van der Waals surface area (Å²) in [5.74, 6) is -0.937. The molecule has 0 spiro atoms. The first-order chi connectivity index (χ1) is 7.66. The van der Waals surface area contributed by atoms with Gasteiger partial charge in [0.05, 0.1) is 5.56 Å². The monoisotopic (exact) mass is 247 g/mol. The minimum Gasteiger partial charge on any atom is -0.423 e. The number of hydrogen-bond donors (Lipinski definition) is 3. The number of benzene rings is 1. The van der Waals surface area contributed by atoms with Gasteiger partial charge in [-0.3, -0.25) is 4.79 Å². The number of alkyl halides is 3. The number of carbonyl (C=O) groups is 1. The molecule has 0 fully saturated rings. The van der Waals surface area contributed by atoms with Gasteiger partial charge in [0.1, 0.15) is 0 Å². The van der Waals surface area contributed by atoms with Crippen LogP contribution in [-0.2, 0) is 6.18 Å². The lowest BCUT2D eigenvalue weighted by Crippen LogP contribution is -2.36. The standard InChI is InChI=1S/C9H9BF3NO3/c1-4(15)7-5(10(16)17)2-3-6(14)8(7)9(11,12)13/h2-3,16-17H,14H2,1H3. The van der Waals surface area contributed by atoms with Crippen molar-refractivity contribution < 1.29 is 28.0 Å². The maximum atomic E-state index is 12.7. The fraction of sp³-hybridized carbons (Fsp3) is 0.222. The summed E-state index contributed by atoms with van der Waals surface area (Å²) in [5.41, 5.74) is 1.88. The largest absolute Gasteiger partial charge is 0.489 e. The molecule has 8 heteroatoms. The molecule has 0 aliphatic rings. The minimum absolute atomic E-state index is 0.515. The Labute approximate surface area is 95.0 Å². The van der Waals surface area contributed by atoms with Gasteiger partial charge in [0.15, 0.2) is 5.78 Å². The summed E-state index contributed by atoms with van der Waals surface area (Å²) in [7, 11) is -2.17. The molecular weight excluding hydrogens is 238 g/mol. The Hall–Kier alpha value is -1.54. The van der Waals surface area contributed by atoms with Gasteiger partial charge in [0, 0.05) is 11.3 Å². The topological polar surface area (TPSA) is 83.5 Å².